The fourth-order valence-corrected chi connectivity index (χ4v) is 0. The van der Waals surface area contributed by atoms with Gasteiger partial charge in [0.05, 0.1) is 0 Å². The van der Waals surface area contributed by atoms with Crippen molar-refractivity contribution in [3.8, 4) is 0 Å². The maximum absolute atomic E-state index is 3.74. The monoisotopic (exact) mass is 383 g/mol. The number of nitrogens with zero attached hydrogens (tertiary/aromatic N) is 5. The zero-order valence-electron chi connectivity index (χ0n) is 16.2. The van der Waals surface area contributed by atoms with E-state index in [-0.39, 0.29) is 22.4 Å². The van der Waals surface area contributed by atoms with Crippen molar-refractivity contribution in [1.82, 2.24) is 0 Å². The Morgan fingerprint density at radius 2 is 0.429 bits per heavy atom. The second-order valence-electron chi connectivity index (χ2n) is 3.16. The summed E-state index contributed by atoms with van der Waals surface area (Å²) < 4.78 is 0. The summed E-state index contributed by atoms with van der Waals surface area (Å²) in [6.45, 7) is 14.8. The summed E-state index contributed by atoms with van der Waals surface area (Å²) in [5.74, 6) is 0. The molecule has 0 heterocycles. The summed E-state index contributed by atoms with van der Waals surface area (Å²) in [5, 5.41) is 18.7. The molecule has 0 unspecified atom stereocenters. The smallest absolute Gasteiger partial charge is 0.665 e. The van der Waals surface area contributed by atoms with Crippen LogP contribution in [0.4, 0.5) is 0 Å². The Hall–Kier alpha value is 0.540. The molecule has 0 rings (SSSR count). The number of hydrogen-bond acceptors (Lipinski definition) is 0. The molecule has 0 bridgehead atoms. The van der Waals surface area contributed by atoms with Gasteiger partial charge in [-0.1, -0.05) is 34.6 Å². The Morgan fingerprint density at radius 3 is 0.429 bits per heavy atom. The van der Waals surface area contributed by atoms with Gasteiger partial charge in [-0.25, -0.2) is 0 Å². The van der Waals surface area contributed by atoms with Crippen molar-refractivity contribution in [1.29, 1.82) is 0 Å². The summed E-state index contributed by atoms with van der Waals surface area (Å²) in [7, 11) is 9.03. The van der Waals surface area contributed by atoms with Crippen LogP contribution in [-0.4, -0.2) is 68.0 Å². The predicted octanol–water partition coefficient (Wildman–Crippen LogP) is 5.05. The largest absolute Gasteiger partial charge is 5.00 e. The molecule has 21 heavy (non-hydrogen) atoms. The molecule has 5 nitrogen and oxygen atoms in total. The third kappa shape index (κ3) is 230. The van der Waals surface area contributed by atoms with Crippen molar-refractivity contribution >= 4 is 0 Å². The first-order valence-electron chi connectivity index (χ1n) is 7.35. The second kappa shape index (κ2) is 70.6. The molecule has 0 saturated carbocycles. The summed E-state index contributed by atoms with van der Waals surface area (Å²) in [6, 6.07) is 0. The van der Waals surface area contributed by atoms with Crippen molar-refractivity contribution in [3.05, 3.63) is 26.6 Å². The molecule has 0 radical (unpaired) electrons. The topological polar surface area (TPSA) is 70.5 Å². The molecule has 0 N–H and O–H groups in total. The van der Waals surface area contributed by atoms with Gasteiger partial charge in [-0.2, -0.15) is 68.0 Å². The molecule has 0 spiro atoms. The Kier molecular flexibility index (Phi) is 127. The van der Waals surface area contributed by atoms with Crippen LogP contribution >= 0.6 is 0 Å². The van der Waals surface area contributed by atoms with Crippen LogP contribution in [0, 0.1) is 0 Å². The van der Waals surface area contributed by atoms with E-state index in [0.717, 1.165) is 32.7 Å². The zero-order chi connectivity index (χ0) is 17.1. The minimum absolute atomic E-state index is 0. The van der Waals surface area contributed by atoms with E-state index in [0.29, 0.717) is 0 Å². The maximum atomic E-state index is 3.74. The van der Waals surface area contributed by atoms with Crippen LogP contribution in [0.3, 0.4) is 0 Å². The molecule has 0 atom stereocenters. The van der Waals surface area contributed by atoms with Crippen molar-refractivity contribution in [2.75, 3.05) is 68.0 Å². The SMILES string of the molecule is CC[N-]C.CC[N-]C.CC[N-]C.CC[N-]C.CC[N-]C.[Nb+5]. The average Bonchev–Trinajstić information content (AvgIpc) is 2.55. The molecule has 0 aliphatic heterocycles. The van der Waals surface area contributed by atoms with E-state index in [1.807, 2.05) is 34.6 Å². The van der Waals surface area contributed by atoms with Gasteiger partial charge in [0.2, 0.25) is 0 Å². The van der Waals surface area contributed by atoms with Gasteiger partial charge < -0.3 is 26.6 Å². The van der Waals surface area contributed by atoms with Gasteiger partial charge in [0.25, 0.3) is 0 Å². The number of rotatable bonds is 5. The molecule has 0 aromatic rings. The maximum Gasteiger partial charge on any atom is 5.00 e. The predicted molar refractivity (Wildman–Crippen MR) is 99.1 cm³/mol. The van der Waals surface area contributed by atoms with E-state index in [9.17, 15) is 0 Å². The van der Waals surface area contributed by atoms with Crippen LogP contribution in [0.1, 0.15) is 34.6 Å². The van der Waals surface area contributed by atoms with E-state index >= 15 is 0 Å². The van der Waals surface area contributed by atoms with E-state index in [1.54, 1.807) is 35.2 Å². The Morgan fingerprint density at radius 1 is 0.381 bits per heavy atom. The molecule has 0 fully saturated rings. The second-order valence-corrected chi connectivity index (χ2v) is 3.16. The molecule has 0 aromatic heterocycles. The average molecular weight is 383 g/mol. The molecular formula is C15H40N5Nb. The first kappa shape index (κ1) is 37.6. The fourth-order valence-electron chi connectivity index (χ4n) is 0. The first-order valence-corrected chi connectivity index (χ1v) is 7.35. The van der Waals surface area contributed by atoms with Crippen LogP contribution in [0.5, 0.6) is 0 Å². The van der Waals surface area contributed by atoms with Crippen LogP contribution < -0.4 is 0 Å². The molecule has 0 aromatic carbocycles. The van der Waals surface area contributed by atoms with Crippen LogP contribution in [0.15, 0.2) is 0 Å². The van der Waals surface area contributed by atoms with Crippen molar-refractivity contribution in [3.63, 3.8) is 0 Å². The molecule has 0 saturated heterocycles. The Labute approximate surface area is 151 Å². The summed E-state index contributed by atoms with van der Waals surface area (Å²) in [5.41, 5.74) is 0. The van der Waals surface area contributed by atoms with Gasteiger partial charge in [0, 0.05) is 0 Å². The minimum atomic E-state index is 0. The Balaban J connectivity index is -0.0000000331. The van der Waals surface area contributed by atoms with Crippen molar-refractivity contribution in [2.24, 2.45) is 0 Å². The third-order valence-corrected chi connectivity index (χ3v) is 1.58. The van der Waals surface area contributed by atoms with Gasteiger partial charge in [-0.15, -0.1) is 0 Å². The molecular weight excluding hydrogens is 343 g/mol. The van der Waals surface area contributed by atoms with E-state index in [1.165, 1.54) is 0 Å². The van der Waals surface area contributed by atoms with Crippen molar-refractivity contribution < 1.29 is 22.4 Å². The van der Waals surface area contributed by atoms with E-state index in [4.69, 9.17) is 0 Å². The quantitative estimate of drug-likeness (QED) is 0.596. The standard InChI is InChI=1S/5C3H8N.Nb/c5*1-3-4-2;/h5*3H2,1-2H3;/q5*-1;+5. The van der Waals surface area contributed by atoms with E-state index < -0.39 is 0 Å². The summed E-state index contributed by atoms with van der Waals surface area (Å²) >= 11 is 0. The summed E-state index contributed by atoms with van der Waals surface area (Å²) in [6.07, 6.45) is 0. The molecule has 130 valence electrons. The van der Waals surface area contributed by atoms with Crippen molar-refractivity contribution in [2.45, 2.75) is 34.6 Å². The summed E-state index contributed by atoms with van der Waals surface area (Å²) in [4.78, 5) is 0. The van der Waals surface area contributed by atoms with Crippen LogP contribution in [0.25, 0.3) is 26.6 Å². The van der Waals surface area contributed by atoms with Gasteiger partial charge in [0.15, 0.2) is 0 Å². The van der Waals surface area contributed by atoms with Crippen LogP contribution in [-0.2, 0) is 22.4 Å². The normalized spacial score (nSPS) is 7.14. The molecule has 0 aliphatic carbocycles. The third-order valence-electron chi connectivity index (χ3n) is 1.58. The first-order chi connectivity index (χ1) is 9.57. The van der Waals surface area contributed by atoms with Gasteiger partial charge in [-0.05, 0) is 0 Å². The molecule has 6 heteroatoms. The van der Waals surface area contributed by atoms with Gasteiger partial charge >= 0.3 is 22.4 Å². The number of hydrogen-bond donors (Lipinski definition) is 0. The molecule has 0 amide bonds. The van der Waals surface area contributed by atoms with Gasteiger partial charge in [-0.3, -0.25) is 0 Å². The Bertz CT molecular complexity index is 55.2. The zero-order valence-corrected chi connectivity index (χ0v) is 18.4. The fraction of sp³-hybridized carbons (Fsp3) is 1.00. The van der Waals surface area contributed by atoms with Gasteiger partial charge in [0.1, 0.15) is 0 Å². The molecule has 0 aliphatic rings. The van der Waals surface area contributed by atoms with Crippen LogP contribution in [0.2, 0.25) is 0 Å². The van der Waals surface area contributed by atoms with E-state index in [2.05, 4.69) is 26.6 Å². The minimum Gasteiger partial charge on any atom is -0.665 e.